The van der Waals surface area contributed by atoms with Crippen molar-refractivity contribution in [3.8, 4) is 0 Å². The normalized spacial score (nSPS) is 8.09. The van der Waals surface area contributed by atoms with Crippen LogP contribution in [0.3, 0.4) is 0 Å². The second-order valence-electron chi connectivity index (χ2n) is 0.854. The number of hydrogen-bond donors (Lipinski definition) is 0. The molecule has 0 unspecified atom stereocenters. The summed E-state index contributed by atoms with van der Waals surface area (Å²) in [5.41, 5.74) is 0. The Balaban J connectivity index is -0.000000138. The predicted molar refractivity (Wildman–Crippen MR) is 55.6 cm³/mol. The summed E-state index contributed by atoms with van der Waals surface area (Å²) in [6.45, 7) is 13.2. The van der Waals surface area contributed by atoms with E-state index in [1.54, 1.807) is 6.21 Å². The fraction of sp³-hybridized carbons (Fsp3) is 0.556. The Labute approximate surface area is 70.8 Å². The van der Waals surface area contributed by atoms with Crippen molar-refractivity contribution < 1.29 is 0 Å². The maximum Gasteiger partial charge on any atom is 0.114 e. The van der Waals surface area contributed by atoms with Gasteiger partial charge in [0, 0.05) is 12.4 Å². The molecule has 0 rings (SSSR count). The van der Waals surface area contributed by atoms with Crippen molar-refractivity contribution in [2.45, 2.75) is 34.6 Å². The van der Waals surface area contributed by atoms with Crippen LogP contribution in [0.1, 0.15) is 34.6 Å². The van der Waals surface area contributed by atoms with Crippen molar-refractivity contribution in [3.63, 3.8) is 0 Å². The molecule has 0 aromatic heterocycles. The Morgan fingerprint density at radius 2 is 1.45 bits per heavy atom. The quantitative estimate of drug-likeness (QED) is 0.433. The lowest BCUT2D eigenvalue weighted by Gasteiger charge is -1.67. The van der Waals surface area contributed by atoms with E-state index in [2.05, 4.69) is 16.6 Å². The van der Waals surface area contributed by atoms with Crippen molar-refractivity contribution in [2.75, 3.05) is 0 Å². The Bertz CT molecular complexity index is 93.7. The lowest BCUT2D eigenvalue weighted by Crippen LogP contribution is -1.61. The van der Waals surface area contributed by atoms with E-state index in [0.717, 1.165) is 0 Å². The van der Waals surface area contributed by atoms with E-state index < -0.39 is 0 Å². The molecule has 66 valence electrons. The minimum atomic E-state index is 1.44. The van der Waals surface area contributed by atoms with E-state index in [9.17, 15) is 0 Å². The third kappa shape index (κ3) is 48.0. The van der Waals surface area contributed by atoms with Gasteiger partial charge in [-0.05, 0) is 6.92 Å². The van der Waals surface area contributed by atoms with E-state index in [1.165, 1.54) is 12.5 Å². The molecular weight excluding hydrogens is 136 g/mol. The van der Waals surface area contributed by atoms with Crippen LogP contribution in [0.25, 0.3) is 0 Å². The molecule has 0 aliphatic carbocycles. The molecular formula is C9H20N2. The number of aliphatic imine (C=N–C) groups is 2. The fourth-order valence-electron chi connectivity index (χ4n) is 0.152. The molecule has 0 aliphatic heterocycles. The van der Waals surface area contributed by atoms with Gasteiger partial charge in [0.15, 0.2) is 0 Å². The highest BCUT2D eigenvalue weighted by Crippen LogP contribution is 1.62. The van der Waals surface area contributed by atoms with Crippen LogP contribution in [-0.4, -0.2) is 12.6 Å². The van der Waals surface area contributed by atoms with Gasteiger partial charge in [-0.25, -0.2) is 9.98 Å². The molecule has 0 bridgehead atoms. The third-order valence-corrected chi connectivity index (χ3v) is 0.388. The second-order valence-corrected chi connectivity index (χ2v) is 0.854. The van der Waals surface area contributed by atoms with Crippen molar-refractivity contribution >= 4 is 12.6 Å². The largest absolute Gasteiger partial charge is 0.250 e. The van der Waals surface area contributed by atoms with Gasteiger partial charge < -0.3 is 0 Å². The van der Waals surface area contributed by atoms with Crippen LogP contribution in [0.5, 0.6) is 0 Å². The maximum atomic E-state index is 3.67. The number of rotatable bonds is 2. The highest BCUT2D eigenvalue weighted by Gasteiger charge is 1.52. The first kappa shape index (κ1) is 16.6. The number of nitrogens with zero attached hydrogens (tertiary/aromatic N) is 2. The molecule has 0 aliphatic rings. The zero-order valence-corrected chi connectivity index (χ0v) is 8.33. The highest BCUT2D eigenvalue weighted by molar-refractivity contribution is 5.70. The molecule has 0 saturated carbocycles. The van der Waals surface area contributed by atoms with E-state index in [-0.39, 0.29) is 0 Å². The predicted octanol–water partition coefficient (Wildman–Crippen LogP) is 3.30. The van der Waals surface area contributed by atoms with Crippen molar-refractivity contribution in [1.29, 1.82) is 0 Å². The van der Waals surface area contributed by atoms with Crippen LogP contribution < -0.4 is 0 Å². The van der Waals surface area contributed by atoms with E-state index in [1.807, 2.05) is 34.6 Å². The molecule has 0 fully saturated rings. The smallest absolute Gasteiger partial charge is 0.114 e. The zero-order chi connectivity index (χ0) is 9.54. The first-order chi connectivity index (χ1) is 5.41. The van der Waals surface area contributed by atoms with Crippen molar-refractivity contribution in [3.05, 3.63) is 12.8 Å². The molecule has 0 amide bonds. The van der Waals surface area contributed by atoms with Crippen LogP contribution in [0, 0.1) is 0 Å². The Kier molecular flexibility index (Phi) is 53.7. The molecule has 0 heterocycles. The van der Waals surface area contributed by atoms with Crippen LogP contribution in [0.15, 0.2) is 22.8 Å². The maximum absolute atomic E-state index is 3.67. The average molecular weight is 156 g/mol. The Morgan fingerprint density at radius 1 is 1.00 bits per heavy atom. The van der Waals surface area contributed by atoms with Gasteiger partial charge in [-0.2, -0.15) is 0 Å². The van der Waals surface area contributed by atoms with Gasteiger partial charge in [-0.1, -0.05) is 34.3 Å². The lowest BCUT2D eigenvalue weighted by molar-refractivity contribution is 1.50. The topological polar surface area (TPSA) is 24.7 Å². The van der Waals surface area contributed by atoms with Gasteiger partial charge in [0.2, 0.25) is 0 Å². The summed E-state index contributed by atoms with van der Waals surface area (Å²) in [7, 11) is 0. The van der Waals surface area contributed by atoms with Gasteiger partial charge in [-0.3, -0.25) is 0 Å². The van der Waals surface area contributed by atoms with Gasteiger partial charge in [0.05, 0.1) is 0 Å². The second kappa shape index (κ2) is 35.6. The fourth-order valence-corrected chi connectivity index (χ4v) is 0.152. The summed E-state index contributed by atoms with van der Waals surface area (Å²) in [6, 6.07) is 0. The first-order valence-corrected chi connectivity index (χ1v) is 4.02. The van der Waals surface area contributed by atoms with Gasteiger partial charge >= 0.3 is 0 Å². The zero-order valence-electron chi connectivity index (χ0n) is 8.33. The van der Waals surface area contributed by atoms with Crippen LogP contribution in [-0.2, 0) is 0 Å². The van der Waals surface area contributed by atoms with E-state index in [4.69, 9.17) is 0 Å². The molecule has 0 N–H and O–H groups in total. The van der Waals surface area contributed by atoms with Crippen LogP contribution in [0.4, 0.5) is 0 Å². The number of hydrogen-bond acceptors (Lipinski definition) is 1. The summed E-state index contributed by atoms with van der Waals surface area (Å²) in [6.07, 6.45) is 4.53. The first-order valence-electron chi connectivity index (χ1n) is 4.02. The SMILES string of the molecule is C=CN=CN=CC.CC.CC. The van der Waals surface area contributed by atoms with Gasteiger partial charge in [0.25, 0.3) is 0 Å². The minimum Gasteiger partial charge on any atom is -0.250 e. The molecule has 11 heavy (non-hydrogen) atoms. The van der Waals surface area contributed by atoms with Gasteiger partial charge in [0.1, 0.15) is 6.34 Å². The standard InChI is InChI=1S/C5H8N2.2C2H6/c1-3-6-5-7-4-2;2*1-2/h3-5H,1H2,2H3;2*1-2H3. The third-order valence-electron chi connectivity index (χ3n) is 0.388. The van der Waals surface area contributed by atoms with Gasteiger partial charge in [-0.15, -0.1) is 0 Å². The molecule has 0 aromatic rings. The van der Waals surface area contributed by atoms with Crippen molar-refractivity contribution in [1.82, 2.24) is 0 Å². The van der Waals surface area contributed by atoms with Crippen molar-refractivity contribution in [2.24, 2.45) is 9.98 Å². The minimum absolute atomic E-state index is 1.44. The molecule has 0 aromatic carbocycles. The molecule has 0 atom stereocenters. The Hall–Kier alpha value is -0.920. The molecule has 0 radical (unpaired) electrons. The summed E-state index contributed by atoms with van der Waals surface area (Å²) >= 11 is 0. The molecule has 2 heteroatoms. The molecule has 2 nitrogen and oxygen atoms in total. The van der Waals surface area contributed by atoms with Crippen LogP contribution >= 0.6 is 0 Å². The average Bonchev–Trinajstić information content (AvgIpc) is 2.13. The summed E-state index contributed by atoms with van der Waals surface area (Å²) < 4.78 is 0. The van der Waals surface area contributed by atoms with E-state index in [0.29, 0.717) is 0 Å². The summed E-state index contributed by atoms with van der Waals surface area (Å²) in [4.78, 5) is 7.28. The molecule has 0 saturated heterocycles. The summed E-state index contributed by atoms with van der Waals surface area (Å²) in [5, 5.41) is 0. The van der Waals surface area contributed by atoms with Crippen LogP contribution in [0.2, 0.25) is 0 Å². The lowest BCUT2D eigenvalue weighted by atomic mass is 10.9. The monoisotopic (exact) mass is 156 g/mol. The summed E-state index contributed by atoms with van der Waals surface area (Å²) in [5.74, 6) is 0. The van der Waals surface area contributed by atoms with E-state index >= 15 is 0 Å². The highest BCUT2D eigenvalue weighted by atomic mass is 14.8. The Morgan fingerprint density at radius 3 is 1.73 bits per heavy atom. The molecule has 0 spiro atoms.